The SMILES string of the molecule is NCC(CN)CCN1CCN(CCC(CN)CN)CC1. The van der Waals surface area contributed by atoms with Gasteiger partial charge < -0.3 is 32.7 Å². The zero-order valence-electron chi connectivity index (χ0n) is 12.8. The maximum Gasteiger partial charge on any atom is 0.0110 e. The van der Waals surface area contributed by atoms with Crippen molar-refractivity contribution >= 4 is 0 Å². The van der Waals surface area contributed by atoms with Crippen LogP contribution >= 0.6 is 0 Å². The van der Waals surface area contributed by atoms with Crippen molar-refractivity contribution in [2.75, 3.05) is 65.4 Å². The quantitative estimate of drug-likeness (QED) is 0.387. The van der Waals surface area contributed by atoms with Gasteiger partial charge in [-0.1, -0.05) is 0 Å². The van der Waals surface area contributed by atoms with E-state index in [4.69, 9.17) is 22.9 Å². The summed E-state index contributed by atoms with van der Waals surface area (Å²) < 4.78 is 0. The van der Waals surface area contributed by atoms with Gasteiger partial charge in [0, 0.05) is 26.2 Å². The lowest BCUT2D eigenvalue weighted by atomic mass is 10.1. The molecule has 0 spiro atoms. The van der Waals surface area contributed by atoms with Crippen LogP contribution in [-0.2, 0) is 0 Å². The minimum atomic E-state index is 0.475. The van der Waals surface area contributed by atoms with E-state index < -0.39 is 0 Å². The summed E-state index contributed by atoms with van der Waals surface area (Å²) >= 11 is 0. The smallest absolute Gasteiger partial charge is 0.0110 e. The Bertz CT molecular complexity index is 198. The van der Waals surface area contributed by atoms with Gasteiger partial charge in [0.15, 0.2) is 0 Å². The Morgan fingerprint density at radius 2 is 0.900 bits per heavy atom. The van der Waals surface area contributed by atoms with Crippen LogP contribution in [-0.4, -0.2) is 75.2 Å². The van der Waals surface area contributed by atoms with Crippen LogP contribution in [0, 0.1) is 11.8 Å². The summed E-state index contributed by atoms with van der Waals surface area (Å²) in [5, 5.41) is 0. The topological polar surface area (TPSA) is 111 Å². The first kappa shape index (κ1) is 17.8. The van der Waals surface area contributed by atoms with E-state index in [0.29, 0.717) is 38.0 Å². The van der Waals surface area contributed by atoms with E-state index in [9.17, 15) is 0 Å². The van der Waals surface area contributed by atoms with Gasteiger partial charge >= 0.3 is 0 Å². The Kier molecular flexibility index (Phi) is 9.33. The number of nitrogens with two attached hydrogens (primary N) is 4. The van der Waals surface area contributed by atoms with E-state index in [2.05, 4.69) is 9.80 Å². The first-order valence-electron chi connectivity index (χ1n) is 7.98. The molecule has 0 radical (unpaired) electrons. The Morgan fingerprint density at radius 1 is 0.600 bits per heavy atom. The molecule has 0 aliphatic carbocycles. The standard InChI is InChI=1S/C14H34N6/c15-9-13(10-16)1-3-19-5-7-20(8-6-19)4-2-14(11-17)12-18/h13-14H,1-12,15-18H2. The molecule has 8 N–H and O–H groups in total. The van der Waals surface area contributed by atoms with Crippen molar-refractivity contribution in [2.24, 2.45) is 34.8 Å². The molecule has 120 valence electrons. The fourth-order valence-corrected chi connectivity index (χ4v) is 2.63. The van der Waals surface area contributed by atoms with Crippen LogP contribution in [0.3, 0.4) is 0 Å². The molecule has 20 heavy (non-hydrogen) atoms. The van der Waals surface area contributed by atoms with Gasteiger partial charge in [0.1, 0.15) is 0 Å². The second-order valence-electron chi connectivity index (χ2n) is 5.94. The molecule has 0 amide bonds. The predicted molar refractivity (Wildman–Crippen MR) is 85.3 cm³/mol. The lowest BCUT2D eigenvalue weighted by Gasteiger charge is -2.35. The largest absolute Gasteiger partial charge is 0.330 e. The van der Waals surface area contributed by atoms with Crippen LogP contribution < -0.4 is 22.9 Å². The van der Waals surface area contributed by atoms with Crippen LogP contribution in [0.25, 0.3) is 0 Å². The molecule has 0 aromatic rings. The zero-order chi connectivity index (χ0) is 14.8. The first-order chi connectivity index (χ1) is 9.73. The van der Waals surface area contributed by atoms with Crippen LogP contribution in [0.2, 0.25) is 0 Å². The summed E-state index contributed by atoms with van der Waals surface area (Å²) in [6, 6.07) is 0. The fourth-order valence-electron chi connectivity index (χ4n) is 2.63. The van der Waals surface area contributed by atoms with Crippen molar-refractivity contribution < 1.29 is 0 Å². The predicted octanol–water partition coefficient (Wildman–Crippen LogP) is -1.55. The van der Waals surface area contributed by atoms with Crippen molar-refractivity contribution in [3.63, 3.8) is 0 Å². The van der Waals surface area contributed by atoms with Gasteiger partial charge in [-0.3, -0.25) is 0 Å². The monoisotopic (exact) mass is 286 g/mol. The summed E-state index contributed by atoms with van der Waals surface area (Å²) in [7, 11) is 0. The molecule has 6 heteroatoms. The maximum atomic E-state index is 5.69. The second kappa shape index (κ2) is 10.5. The first-order valence-corrected chi connectivity index (χ1v) is 7.98. The van der Waals surface area contributed by atoms with Crippen molar-refractivity contribution in [2.45, 2.75) is 12.8 Å². The molecule has 0 bridgehead atoms. The summed E-state index contributed by atoms with van der Waals surface area (Å²) in [4.78, 5) is 5.05. The van der Waals surface area contributed by atoms with Gasteiger partial charge in [-0.2, -0.15) is 0 Å². The molecule has 6 nitrogen and oxygen atoms in total. The minimum absolute atomic E-state index is 0.475. The van der Waals surface area contributed by atoms with E-state index in [1.165, 1.54) is 0 Å². The van der Waals surface area contributed by atoms with Gasteiger partial charge in [-0.05, 0) is 63.9 Å². The van der Waals surface area contributed by atoms with Gasteiger partial charge in [-0.15, -0.1) is 0 Å². The molecule has 1 fully saturated rings. The summed E-state index contributed by atoms with van der Waals surface area (Å²) in [6.45, 7) is 9.67. The highest BCUT2D eigenvalue weighted by molar-refractivity contribution is 4.74. The molecular formula is C14H34N6. The van der Waals surface area contributed by atoms with Crippen LogP contribution in [0.5, 0.6) is 0 Å². The third kappa shape index (κ3) is 6.47. The Morgan fingerprint density at radius 3 is 1.15 bits per heavy atom. The van der Waals surface area contributed by atoms with E-state index in [1.54, 1.807) is 0 Å². The Labute approximate surface area is 123 Å². The van der Waals surface area contributed by atoms with E-state index in [1.807, 2.05) is 0 Å². The van der Waals surface area contributed by atoms with Gasteiger partial charge in [-0.25, -0.2) is 0 Å². The molecule has 0 atom stereocenters. The molecule has 0 unspecified atom stereocenters. The molecule has 1 heterocycles. The van der Waals surface area contributed by atoms with Gasteiger partial charge in [0.25, 0.3) is 0 Å². The average Bonchev–Trinajstić information content (AvgIpc) is 2.50. The van der Waals surface area contributed by atoms with E-state index in [0.717, 1.165) is 52.1 Å². The van der Waals surface area contributed by atoms with Crippen LogP contribution in [0.1, 0.15) is 12.8 Å². The minimum Gasteiger partial charge on any atom is -0.330 e. The lowest BCUT2D eigenvalue weighted by molar-refractivity contribution is 0.122. The highest BCUT2D eigenvalue weighted by Gasteiger charge is 2.18. The Hall–Kier alpha value is -0.240. The highest BCUT2D eigenvalue weighted by atomic mass is 15.3. The summed E-state index contributed by atoms with van der Waals surface area (Å²) in [6.07, 6.45) is 2.24. The molecule has 0 aromatic heterocycles. The van der Waals surface area contributed by atoms with Crippen molar-refractivity contribution in [1.82, 2.24) is 9.80 Å². The third-order valence-corrected chi connectivity index (χ3v) is 4.51. The lowest BCUT2D eigenvalue weighted by Crippen LogP contribution is -2.47. The number of nitrogens with zero attached hydrogens (tertiary/aromatic N) is 2. The highest BCUT2D eigenvalue weighted by Crippen LogP contribution is 2.08. The van der Waals surface area contributed by atoms with Crippen LogP contribution in [0.4, 0.5) is 0 Å². The van der Waals surface area contributed by atoms with E-state index in [-0.39, 0.29) is 0 Å². The van der Waals surface area contributed by atoms with Gasteiger partial charge in [0.05, 0.1) is 0 Å². The van der Waals surface area contributed by atoms with Crippen molar-refractivity contribution in [3.8, 4) is 0 Å². The van der Waals surface area contributed by atoms with E-state index >= 15 is 0 Å². The zero-order valence-corrected chi connectivity index (χ0v) is 12.8. The third-order valence-electron chi connectivity index (χ3n) is 4.51. The van der Waals surface area contributed by atoms with Gasteiger partial charge in [0.2, 0.25) is 0 Å². The number of hydrogen-bond donors (Lipinski definition) is 4. The molecule has 0 saturated carbocycles. The summed E-state index contributed by atoms with van der Waals surface area (Å²) in [5.41, 5.74) is 22.8. The molecule has 1 saturated heterocycles. The Balaban J connectivity index is 2.13. The normalized spacial score (nSPS) is 18.3. The molecule has 0 aromatic carbocycles. The van der Waals surface area contributed by atoms with Crippen molar-refractivity contribution in [1.29, 1.82) is 0 Å². The second-order valence-corrected chi connectivity index (χ2v) is 5.94. The molecule has 1 aliphatic heterocycles. The summed E-state index contributed by atoms with van der Waals surface area (Å²) in [5.74, 6) is 0.950. The molecule has 1 rings (SSSR count). The number of rotatable bonds is 10. The van der Waals surface area contributed by atoms with Crippen molar-refractivity contribution in [3.05, 3.63) is 0 Å². The molecule has 1 aliphatic rings. The number of hydrogen-bond acceptors (Lipinski definition) is 6. The average molecular weight is 286 g/mol. The molecular weight excluding hydrogens is 252 g/mol. The fraction of sp³-hybridized carbons (Fsp3) is 1.00. The van der Waals surface area contributed by atoms with Crippen LogP contribution in [0.15, 0.2) is 0 Å². The maximum absolute atomic E-state index is 5.69. The number of piperazine rings is 1.